The summed E-state index contributed by atoms with van der Waals surface area (Å²) in [6.07, 6.45) is 0. The summed E-state index contributed by atoms with van der Waals surface area (Å²) in [7, 11) is 0. The first-order valence-corrected chi connectivity index (χ1v) is 6.70. The average Bonchev–Trinajstić information content (AvgIpc) is 2.80. The highest BCUT2D eigenvalue weighted by Crippen LogP contribution is 2.24. The molecule has 1 amide bonds. The van der Waals surface area contributed by atoms with Gasteiger partial charge in [-0.25, -0.2) is 0 Å². The Morgan fingerprint density at radius 1 is 1.50 bits per heavy atom. The van der Waals surface area contributed by atoms with Crippen LogP contribution >= 0.6 is 22.9 Å². The molecule has 1 aromatic carbocycles. The predicted octanol–water partition coefficient (Wildman–Crippen LogP) is 3.42. The summed E-state index contributed by atoms with van der Waals surface area (Å²) in [6, 6.07) is 7.54. The van der Waals surface area contributed by atoms with Gasteiger partial charge in [-0.05, 0) is 30.7 Å². The lowest BCUT2D eigenvalue weighted by atomic mass is 10.2. The molecule has 0 aliphatic rings. The van der Waals surface area contributed by atoms with E-state index in [0.29, 0.717) is 12.1 Å². The number of benzene rings is 1. The van der Waals surface area contributed by atoms with E-state index in [2.05, 4.69) is 5.32 Å². The maximum absolute atomic E-state index is 11.0. The molecular weight excluding hydrogens is 268 g/mol. The molecule has 1 aromatic heterocycles. The fourth-order valence-electron chi connectivity index (χ4n) is 1.58. The fourth-order valence-corrected chi connectivity index (χ4v) is 2.57. The molecule has 94 valence electrons. The van der Waals surface area contributed by atoms with E-state index in [9.17, 15) is 4.79 Å². The van der Waals surface area contributed by atoms with Crippen LogP contribution in [0.4, 0.5) is 5.69 Å². The molecule has 0 aliphatic carbocycles. The van der Waals surface area contributed by atoms with Gasteiger partial charge in [0.05, 0.1) is 5.56 Å². The van der Waals surface area contributed by atoms with Crippen LogP contribution in [0.15, 0.2) is 29.6 Å². The summed E-state index contributed by atoms with van der Waals surface area (Å²) in [5.74, 6) is -0.392. The largest absolute Gasteiger partial charge is 0.380 e. The summed E-state index contributed by atoms with van der Waals surface area (Å²) >= 11 is 7.55. The van der Waals surface area contributed by atoms with Crippen LogP contribution in [-0.4, -0.2) is 5.91 Å². The van der Waals surface area contributed by atoms with Gasteiger partial charge in [-0.3, -0.25) is 4.79 Å². The Kier molecular flexibility index (Phi) is 3.89. The first-order chi connectivity index (χ1) is 8.58. The highest BCUT2D eigenvalue weighted by atomic mass is 35.5. The zero-order valence-corrected chi connectivity index (χ0v) is 11.4. The number of carbonyl (C=O) groups excluding carboxylic acids is 1. The fraction of sp³-hybridized carbons (Fsp3) is 0.154. The van der Waals surface area contributed by atoms with E-state index in [0.717, 1.165) is 21.2 Å². The number of anilines is 1. The number of amides is 1. The van der Waals surface area contributed by atoms with Crippen LogP contribution in [-0.2, 0) is 6.54 Å². The van der Waals surface area contributed by atoms with Crippen molar-refractivity contribution in [3.8, 4) is 0 Å². The first-order valence-electron chi connectivity index (χ1n) is 5.44. The molecule has 1 heterocycles. The Labute approximate surface area is 115 Å². The Morgan fingerprint density at radius 2 is 2.28 bits per heavy atom. The molecule has 0 radical (unpaired) electrons. The number of primary amides is 1. The number of carbonyl (C=O) groups is 1. The van der Waals surface area contributed by atoms with Crippen LogP contribution in [0.5, 0.6) is 0 Å². The molecule has 0 fully saturated rings. The average molecular weight is 281 g/mol. The molecule has 18 heavy (non-hydrogen) atoms. The Morgan fingerprint density at radius 3 is 2.94 bits per heavy atom. The number of halogens is 1. The van der Waals surface area contributed by atoms with Crippen LogP contribution in [0.3, 0.4) is 0 Å². The van der Waals surface area contributed by atoms with Gasteiger partial charge >= 0.3 is 0 Å². The maximum Gasteiger partial charge on any atom is 0.249 e. The van der Waals surface area contributed by atoms with E-state index in [4.69, 9.17) is 17.3 Å². The molecule has 2 aromatic rings. The van der Waals surface area contributed by atoms with Crippen LogP contribution in [0.2, 0.25) is 5.02 Å². The monoisotopic (exact) mass is 280 g/mol. The minimum absolute atomic E-state index is 0.392. The van der Waals surface area contributed by atoms with Crippen LogP contribution in [0.25, 0.3) is 0 Å². The molecule has 0 bridgehead atoms. The standard InChI is InChI=1S/C13H13ClN2OS/c1-8-11(14)3-2-4-12(8)16-6-10-5-9(7-18-10)13(15)17/h2-5,7,16H,6H2,1H3,(H2,15,17). The molecular formula is C13H13ClN2OS. The normalized spacial score (nSPS) is 10.3. The number of nitrogens with one attached hydrogen (secondary N) is 1. The summed E-state index contributed by atoms with van der Waals surface area (Å²) in [6.45, 7) is 2.62. The molecule has 0 spiro atoms. The van der Waals surface area contributed by atoms with Gasteiger partial charge in [-0.15, -0.1) is 11.3 Å². The van der Waals surface area contributed by atoms with Gasteiger partial charge in [0.25, 0.3) is 0 Å². The third-order valence-corrected chi connectivity index (χ3v) is 4.01. The minimum Gasteiger partial charge on any atom is -0.380 e. The van der Waals surface area contributed by atoms with E-state index >= 15 is 0 Å². The molecule has 3 nitrogen and oxygen atoms in total. The third kappa shape index (κ3) is 2.83. The summed E-state index contributed by atoms with van der Waals surface area (Å²) < 4.78 is 0. The number of rotatable bonds is 4. The summed E-state index contributed by atoms with van der Waals surface area (Å²) in [4.78, 5) is 12.0. The van der Waals surface area contributed by atoms with E-state index in [-0.39, 0.29) is 0 Å². The quantitative estimate of drug-likeness (QED) is 0.902. The summed E-state index contributed by atoms with van der Waals surface area (Å²) in [5.41, 5.74) is 7.78. The van der Waals surface area contributed by atoms with Crippen molar-refractivity contribution < 1.29 is 4.79 Å². The molecule has 0 saturated heterocycles. The van der Waals surface area contributed by atoms with Gasteiger partial charge < -0.3 is 11.1 Å². The van der Waals surface area contributed by atoms with Gasteiger partial charge in [-0.2, -0.15) is 0 Å². The third-order valence-electron chi connectivity index (χ3n) is 2.66. The first kappa shape index (κ1) is 12.9. The zero-order chi connectivity index (χ0) is 13.1. The lowest BCUT2D eigenvalue weighted by Gasteiger charge is -2.09. The SMILES string of the molecule is Cc1c(Cl)cccc1NCc1cc(C(N)=O)cs1. The van der Waals surface area contributed by atoms with E-state index in [1.807, 2.05) is 25.1 Å². The van der Waals surface area contributed by atoms with E-state index in [1.165, 1.54) is 11.3 Å². The molecule has 2 rings (SSSR count). The van der Waals surface area contributed by atoms with Gasteiger partial charge in [0.1, 0.15) is 0 Å². The number of nitrogens with two attached hydrogens (primary N) is 1. The van der Waals surface area contributed by atoms with Crippen molar-refractivity contribution in [1.29, 1.82) is 0 Å². The van der Waals surface area contributed by atoms with Crippen molar-refractivity contribution in [3.05, 3.63) is 50.7 Å². The van der Waals surface area contributed by atoms with Crippen LogP contribution in [0, 0.1) is 6.92 Å². The van der Waals surface area contributed by atoms with Crippen molar-refractivity contribution >= 4 is 34.5 Å². The molecule has 0 unspecified atom stereocenters. The second-order valence-electron chi connectivity index (χ2n) is 3.93. The molecule has 0 atom stereocenters. The topological polar surface area (TPSA) is 55.1 Å². The van der Waals surface area contributed by atoms with E-state index < -0.39 is 5.91 Å². The van der Waals surface area contributed by atoms with Crippen molar-refractivity contribution in [1.82, 2.24) is 0 Å². The van der Waals surface area contributed by atoms with E-state index in [1.54, 1.807) is 11.4 Å². The zero-order valence-electron chi connectivity index (χ0n) is 9.87. The Hall–Kier alpha value is -1.52. The van der Waals surface area contributed by atoms with Gasteiger partial charge in [0.15, 0.2) is 0 Å². The van der Waals surface area contributed by atoms with Crippen molar-refractivity contribution in [2.75, 3.05) is 5.32 Å². The second-order valence-corrected chi connectivity index (χ2v) is 5.33. The van der Waals surface area contributed by atoms with Crippen molar-refractivity contribution in [2.24, 2.45) is 5.73 Å². The Balaban J connectivity index is 2.07. The van der Waals surface area contributed by atoms with Crippen LogP contribution in [0.1, 0.15) is 20.8 Å². The molecule has 0 saturated carbocycles. The predicted molar refractivity (Wildman–Crippen MR) is 76.4 cm³/mol. The number of hydrogen-bond acceptors (Lipinski definition) is 3. The molecule has 0 aliphatic heterocycles. The highest BCUT2D eigenvalue weighted by molar-refractivity contribution is 7.10. The smallest absolute Gasteiger partial charge is 0.249 e. The molecule has 5 heteroatoms. The number of hydrogen-bond donors (Lipinski definition) is 2. The van der Waals surface area contributed by atoms with Crippen molar-refractivity contribution in [2.45, 2.75) is 13.5 Å². The lowest BCUT2D eigenvalue weighted by Crippen LogP contribution is -2.09. The number of thiophene rings is 1. The van der Waals surface area contributed by atoms with Gasteiger partial charge in [-0.1, -0.05) is 17.7 Å². The minimum atomic E-state index is -0.392. The lowest BCUT2D eigenvalue weighted by molar-refractivity contribution is 0.100. The maximum atomic E-state index is 11.0. The molecule has 3 N–H and O–H groups in total. The highest BCUT2D eigenvalue weighted by Gasteiger charge is 2.06. The Bertz CT molecular complexity index is 580. The van der Waals surface area contributed by atoms with Gasteiger partial charge in [0.2, 0.25) is 5.91 Å². The second kappa shape index (κ2) is 5.42. The van der Waals surface area contributed by atoms with Crippen LogP contribution < -0.4 is 11.1 Å². The van der Waals surface area contributed by atoms with Crippen molar-refractivity contribution in [3.63, 3.8) is 0 Å². The summed E-state index contributed by atoms with van der Waals surface area (Å²) in [5, 5.41) is 5.80. The van der Waals surface area contributed by atoms with Gasteiger partial charge in [0, 0.05) is 27.5 Å².